The summed E-state index contributed by atoms with van der Waals surface area (Å²) in [5.74, 6) is 0. The standard InChI is InChI=1S/C24H33N/c1-2-3-4-5-6-7-8-15-20-25(21-23-16-11-9-12-17-23)22-24-18-13-10-14-19-24/h6-7,9-14,16-19H,2-5,8,15,20-22H2,1H3/b7-6+. The topological polar surface area (TPSA) is 3.24 Å². The van der Waals surface area contributed by atoms with Crippen LogP contribution in [0.4, 0.5) is 0 Å². The lowest BCUT2D eigenvalue weighted by atomic mass is 10.1. The smallest absolute Gasteiger partial charge is 0.0237 e. The van der Waals surface area contributed by atoms with Crippen LogP contribution in [0.25, 0.3) is 0 Å². The SMILES string of the molecule is CCCCC/C=C/CCCN(Cc1ccccc1)Cc1ccccc1. The summed E-state index contributed by atoms with van der Waals surface area (Å²) in [6, 6.07) is 21.6. The molecule has 0 heterocycles. The summed E-state index contributed by atoms with van der Waals surface area (Å²) in [4.78, 5) is 2.57. The first-order chi connectivity index (χ1) is 12.4. The second-order valence-electron chi connectivity index (χ2n) is 6.79. The van der Waals surface area contributed by atoms with Gasteiger partial charge in [-0.1, -0.05) is 92.6 Å². The van der Waals surface area contributed by atoms with E-state index >= 15 is 0 Å². The van der Waals surface area contributed by atoms with Crippen molar-refractivity contribution in [2.45, 2.75) is 58.5 Å². The molecule has 0 aliphatic rings. The molecule has 0 aromatic heterocycles. The molecule has 0 fully saturated rings. The normalized spacial score (nSPS) is 11.4. The van der Waals surface area contributed by atoms with Gasteiger partial charge in [-0.25, -0.2) is 0 Å². The lowest BCUT2D eigenvalue weighted by molar-refractivity contribution is 0.254. The van der Waals surface area contributed by atoms with E-state index in [9.17, 15) is 0 Å². The molecule has 0 unspecified atom stereocenters. The maximum absolute atomic E-state index is 2.57. The molecule has 134 valence electrons. The molecule has 0 amide bonds. The molecule has 25 heavy (non-hydrogen) atoms. The van der Waals surface area contributed by atoms with Crippen molar-refractivity contribution in [1.82, 2.24) is 4.90 Å². The predicted molar refractivity (Wildman–Crippen MR) is 110 cm³/mol. The van der Waals surface area contributed by atoms with Gasteiger partial charge in [-0.05, 0) is 43.4 Å². The van der Waals surface area contributed by atoms with Crippen molar-refractivity contribution in [3.63, 3.8) is 0 Å². The number of allylic oxidation sites excluding steroid dienone is 2. The van der Waals surface area contributed by atoms with Crippen LogP contribution in [0, 0.1) is 0 Å². The molecule has 0 saturated heterocycles. The number of benzene rings is 2. The van der Waals surface area contributed by atoms with E-state index in [4.69, 9.17) is 0 Å². The monoisotopic (exact) mass is 335 g/mol. The van der Waals surface area contributed by atoms with Crippen LogP contribution >= 0.6 is 0 Å². The van der Waals surface area contributed by atoms with Crippen LogP contribution in [0.2, 0.25) is 0 Å². The fourth-order valence-electron chi connectivity index (χ4n) is 3.08. The van der Waals surface area contributed by atoms with Crippen molar-refractivity contribution in [3.05, 3.63) is 83.9 Å². The van der Waals surface area contributed by atoms with Gasteiger partial charge in [0.05, 0.1) is 0 Å². The van der Waals surface area contributed by atoms with Crippen LogP contribution in [0.15, 0.2) is 72.8 Å². The van der Waals surface area contributed by atoms with E-state index in [0.29, 0.717) is 0 Å². The molecule has 0 spiro atoms. The lowest BCUT2D eigenvalue weighted by Gasteiger charge is -2.22. The van der Waals surface area contributed by atoms with Gasteiger partial charge in [0.1, 0.15) is 0 Å². The molecule has 0 N–H and O–H groups in total. The molecule has 2 aromatic carbocycles. The van der Waals surface area contributed by atoms with Crippen molar-refractivity contribution in [2.24, 2.45) is 0 Å². The van der Waals surface area contributed by atoms with E-state index in [0.717, 1.165) is 19.6 Å². The third-order valence-corrected chi connectivity index (χ3v) is 4.48. The van der Waals surface area contributed by atoms with Crippen molar-refractivity contribution < 1.29 is 0 Å². The Bertz CT molecular complexity index is 532. The molecule has 0 radical (unpaired) electrons. The van der Waals surface area contributed by atoms with Crippen LogP contribution in [-0.4, -0.2) is 11.4 Å². The molecule has 1 heteroatoms. The highest BCUT2D eigenvalue weighted by Crippen LogP contribution is 2.11. The molecule has 0 atom stereocenters. The van der Waals surface area contributed by atoms with Crippen LogP contribution in [-0.2, 0) is 13.1 Å². The summed E-state index contributed by atoms with van der Waals surface area (Å²) in [6.07, 6.45) is 12.4. The number of unbranched alkanes of at least 4 members (excludes halogenated alkanes) is 4. The zero-order valence-corrected chi connectivity index (χ0v) is 15.7. The van der Waals surface area contributed by atoms with Crippen molar-refractivity contribution >= 4 is 0 Å². The van der Waals surface area contributed by atoms with Crippen molar-refractivity contribution in [1.29, 1.82) is 0 Å². The zero-order valence-electron chi connectivity index (χ0n) is 15.7. The number of hydrogen-bond donors (Lipinski definition) is 0. The Morgan fingerprint density at radius 1 is 0.680 bits per heavy atom. The van der Waals surface area contributed by atoms with Gasteiger partial charge in [0, 0.05) is 13.1 Å². The molecule has 0 saturated carbocycles. The minimum absolute atomic E-state index is 1.02. The second-order valence-corrected chi connectivity index (χ2v) is 6.79. The van der Waals surface area contributed by atoms with Gasteiger partial charge >= 0.3 is 0 Å². The quantitative estimate of drug-likeness (QED) is 0.312. The largest absolute Gasteiger partial charge is 0.295 e. The Balaban J connectivity index is 1.80. The van der Waals surface area contributed by atoms with E-state index in [1.807, 2.05) is 0 Å². The van der Waals surface area contributed by atoms with Gasteiger partial charge in [-0.3, -0.25) is 4.90 Å². The number of rotatable bonds is 12. The van der Waals surface area contributed by atoms with Gasteiger partial charge in [0.25, 0.3) is 0 Å². The molecule has 0 bridgehead atoms. The van der Waals surface area contributed by atoms with Crippen molar-refractivity contribution in [3.8, 4) is 0 Å². The summed E-state index contributed by atoms with van der Waals surface area (Å²) in [5, 5.41) is 0. The molecule has 0 aliphatic carbocycles. The first kappa shape index (κ1) is 19.5. The van der Waals surface area contributed by atoms with E-state index < -0.39 is 0 Å². The number of hydrogen-bond acceptors (Lipinski definition) is 1. The van der Waals surface area contributed by atoms with Gasteiger partial charge in [0.15, 0.2) is 0 Å². The van der Waals surface area contributed by atoms with Crippen LogP contribution in [0.3, 0.4) is 0 Å². The average molecular weight is 336 g/mol. The van der Waals surface area contributed by atoms with E-state index in [2.05, 4.69) is 84.6 Å². The highest BCUT2D eigenvalue weighted by molar-refractivity contribution is 5.17. The van der Waals surface area contributed by atoms with E-state index in [1.165, 1.54) is 49.7 Å². The third kappa shape index (κ3) is 8.69. The fraction of sp³-hybridized carbons (Fsp3) is 0.417. The van der Waals surface area contributed by atoms with Gasteiger partial charge in [-0.2, -0.15) is 0 Å². The van der Waals surface area contributed by atoms with Crippen LogP contribution < -0.4 is 0 Å². The van der Waals surface area contributed by atoms with Gasteiger partial charge in [-0.15, -0.1) is 0 Å². The lowest BCUT2D eigenvalue weighted by Crippen LogP contribution is -2.24. The Hall–Kier alpha value is -1.86. The first-order valence-electron chi connectivity index (χ1n) is 9.83. The zero-order chi connectivity index (χ0) is 17.6. The van der Waals surface area contributed by atoms with E-state index in [1.54, 1.807) is 0 Å². The Labute approximate surface area is 154 Å². The second kappa shape index (κ2) is 12.5. The van der Waals surface area contributed by atoms with Gasteiger partial charge < -0.3 is 0 Å². The molecule has 0 aliphatic heterocycles. The predicted octanol–water partition coefficient (Wildman–Crippen LogP) is 6.61. The van der Waals surface area contributed by atoms with Crippen LogP contribution in [0.5, 0.6) is 0 Å². The minimum Gasteiger partial charge on any atom is -0.295 e. The Kier molecular flexibility index (Phi) is 9.73. The maximum Gasteiger partial charge on any atom is 0.0237 e. The van der Waals surface area contributed by atoms with E-state index in [-0.39, 0.29) is 0 Å². The average Bonchev–Trinajstić information content (AvgIpc) is 2.65. The Morgan fingerprint density at radius 3 is 1.72 bits per heavy atom. The molecular formula is C24H33N. The number of nitrogens with zero attached hydrogens (tertiary/aromatic N) is 1. The summed E-state index contributed by atoms with van der Waals surface area (Å²) in [6.45, 7) is 5.45. The molecule has 2 rings (SSSR count). The third-order valence-electron chi connectivity index (χ3n) is 4.48. The van der Waals surface area contributed by atoms with Crippen molar-refractivity contribution in [2.75, 3.05) is 6.54 Å². The van der Waals surface area contributed by atoms with Crippen LogP contribution in [0.1, 0.15) is 56.6 Å². The highest BCUT2D eigenvalue weighted by Gasteiger charge is 2.06. The fourth-order valence-corrected chi connectivity index (χ4v) is 3.08. The Morgan fingerprint density at radius 2 is 1.20 bits per heavy atom. The first-order valence-corrected chi connectivity index (χ1v) is 9.83. The highest BCUT2D eigenvalue weighted by atomic mass is 15.1. The summed E-state index contributed by atoms with van der Waals surface area (Å²) < 4.78 is 0. The molecule has 2 aromatic rings. The molecule has 1 nitrogen and oxygen atoms in total. The summed E-state index contributed by atoms with van der Waals surface area (Å²) >= 11 is 0. The summed E-state index contributed by atoms with van der Waals surface area (Å²) in [7, 11) is 0. The minimum atomic E-state index is 1.02. The maximum atomic E-state index is 2.57. The summed E-state index contributed by atoms with van der Waals surface area (Å²) in [5.41, 5.74) is 2.79. The van der Waals surface area contributed by atoms with Gasteiger partial charge in [0.2, 0.25) is 0 Å². The molecular weight excluding hydrogens is 302 g/mol.